The molecule has 2 unspecified atom stereocenters. The van der Waals surface area contributed by atoms with Crippen LogP contribution in [0, 0.1) is 10.1 Å². The van der Waals surface area contributed by atoms with E-state index in [0.29, 0.717) is 22.7 Å². The number of methoxy groups -OCH3 is 2. The monoisotopic (exact) mass is 556 g/mol. The van der Waals surface area contributed by atoms with Gasteiger partial charge in [0.15, 0.2) is 17.6 Å². The van der Waals surface area contributed by atoms with Crippen LogP contribution in [-0.2, 0) is 9.59 Å². The summed E-state index contributed by atoms with van der Waals surface area (Å²) in [6, 6.07) is 27.4. The van der Waals surface area contributed by atoms with E-state index < -0.39 is 17.1 Å². The number of carbonyl (C=O) groups excluding carboxylic acids is 2. The predicted molar refractivity (Wildman–Crippen MR) is 152 cm³/mol. The Morgan fingerprint density at radius 1 is 0.878 bits per heavy atom. The van der Waals surface area contributed by atoms with Crippen molar-refractivity contribution >= 4 is 23.1 Å². The van der Waals surface area contributed by atoms with Crippen molar-refractivity contribution in [2.75, 3.05) is 19.5 Å². The fourth-order valence-corrected chi connectivity index (χ4v) is 4.05. The fourth-order valence-electron chi connectivity index (χ4n) is 4.05. The molecule has 1 aliphatic rings. The molecule has 0 bridgehead atoms. The molecule has 41 heavy (non-hydrogen) atoms. The molecule has 0 radical (unpaired) electrons. The number of nitrogens with zero attached hydrogens (tertiary/aromatic N) is 1. The lowest BCUT2D eigenvalue weighted by atomic mass is 10.1. The molecule has 0 saturated heterocycles. The van der Waals surface area contributed by atoms with E-state index in [1.807, 2.05) is 48.5 Å². The molecule has 1 amide bonds. The Labute approximate surface area is 236 Å². The summed E-state index contributed by atoms with van der Waals surface area (Å²) in [4.78, 5) is 34.4. The van der Waals surface area contributed by atoms with Gasteiger partial charge in [-0.3, -0.25) is 19.7 Å². The first-order chi connectivity index (χ1) is 19.8. The first-order valence-electron chi connectivity index (χ1n) is 12.6. The van der Waals surface area contributed by atoms with E-state index in [1.54, 1.807) is 50.6 Å². The van der Waals surface area contributed by atoms with Crippen LogP contribution in [0.25, 0.3) is 0 Å². The van der Waals surface area contributed by atoms with Crippen molar-refractivity contribution in [1.29, 1.82) is 0 Å². The Hall–Kier alpha value is -5.38. The molecule has 0 spiro atoms. The SMILES string of the molecule is COc1ccc(C(Oc2ccccc2[N+](=O)[O-])C(C)=O)cc1.COc1ccc(C2Oc3ccccc3NC2=O)cc1. The summed E-state index contributed by atoms with van der Waals surface area (Å²) in [6.45, 7) is 1.38. The second-order valence-electron chi connectivity index (χ2n) is 8.86. The molecule has 0 aromatic heterocycles. The van der Waals surface area contributed by atoms with Crippen molar-refractivity contribution < 1.29 is 33.5 Å². The van der Waals surface area contributed by atoms with Crippen LogP contribution in [0.4, 0.5) is 11.4 Å². The second-order valence-corrected chi connectivity index (χ2v) is 8.86. The number of hydrogen-bond acceptors (Lipinski definition) is 8. The Morgan fingerprint density at radius 2 is 1.46 bits per heavy atom. The van der Waals surface area contributed by atoms with E-state index in [2.05, 4.69) is 5.32 Å². The number of nitrogens with one attached hydrogen (secondary N) is 1. The van der Waals surface area contributed by atoms with Gasteiger partial charge in [0.05, 0.1) is 24.8 Å². The minimum atomic E-state index is -0.910. The number of carbonyl (C=O) groups is 2. The number of hydrogen-bond donors (Lipinski definition) is 1. The van der Waals surface area contributed by atoms with Crippen molar-refractivity contribution in [3.05, 3.63) is 118 Å². The minimum Gasteiger partial charge on any atom is -0.497 e. The molecule has 0 saturated carbocycles. The summed E-state index contributed by atoms with van der Waals surface area (Å²) in [6.07, 6.45) is -1.53. The van der Waals surface area contributed by atoms with E-state index >= 15 is 0 Å². The molecule has 4 aromatic rings. The molecule has 0 fully saturated rings. The van der Waals surface area contributed by atoms with Crippen molar-refractivity contribution in [3.63, 3.8) is 0 Å². The van der Waals surface area contributed by atoms with Gasteiger partial charge in [-0.25, -0.2) is 0 Å². The maximum Gasteiger partial charge on any atom is 0.310 e. The Kier molecular flexibility index (Phi) is 9.16. The summed E-state index contributed by atoms with van der Waals surface area (Å²) >= 11 is 0. The number of Topliss-reactive ketones (excluding diaryl/α,β-unsaturated/α-hetero) is 1. The number of nitro groups is 1. The van der Waals surface area contributed by atoms with Gasteiger partial charge < -0.3 is 24.3 Å². The standard InChI is InChI=1S/C16H15NO5.C15H13NO3/c1-11(18)16(12-7-9-13(21-2)10-8-12)22-15-6-4-3-5-14(15)17(19)20;1-18-11-8-6-10(7-9-11)14-15(17)16-12-4-2-3-5-13(12)19-14/h3-10,16H,1-2H3;2-9,14H,1H3,(H,16,17). The third kappa shape index (κ3) is 6.99. The average Bonchev–Trinajstić information content (AvgIpc) is 3.00. The van der Waals surface area contributed by atoms with Crippen molar-refractivity contribution in [1.82, 2.24) is 0 Å². The number of rotatable bonds is 8. The van der Waals surface area contributed by atoms with Gasteiger partial charge in [-0.15, -0.1) is 0 Å². The van der Waals surface area contributed by atoms with E-state index in [9.17, 15) is 19.7 Å². The summed E-state index contributed by atoms with van der Waals surface area (Å²) < 4.78 is 21.5. The number of para-hydroxylation sites is 4. The Balaban J connectivity index is 0.000000191. The first-order valence-corrected chi connectivity index (χ1v) is 12.6. The van der Waals surface area contributed by atoms with Gasteiger partial charge in [0.1, 0.15) is 17.2 Å². The third-order valence-corrected chi connectivity index (χ3v) is 6.14. The van der Waals surface area contributed by atoms with Crippen LogP contribution in [0.15, 0.2) is 97.1 Å². The van der Waals surface area contributed by atoms with Crippen LogP contribution in [0.3, 0.4) is 0 Å². The molecule has 1 heterocycles. The molecule has 10 heteroatoms. The van der Waals surface area contributed by atoms with Gasteiger partial charge in [-0.2, -0.15) is 0 Å². The van der Waals surface area contributed by atoms with Gasteiger partial charge in [-0.05, 0) is 49.4 Å². The predicted octanol–water partition coefficient (Wildman–Crippen LogP) is 6.08. The van der Waals surface area contributed by atoms with Gasteiger partial charge in [0, 0.05) is 17.2 Å². The van der Waals surface area contributed by atoms with E-state index in [0.717, 1.165) is 11.3 Å². The lowest BCUT2D eigenvalue weighted by Crippen LogP contribution is -2.29. The number of amides is 1. The number of ether oxygens (including phenoxy) is 4. The summed E-state index contributed by atoms with van der Waals surface area (Å²) in [5.74, 6) is 1.73. The van der Waals surface area contributed by atoms with E-state index in [1.165, 1.54) is 19.1 Å². The maximum absolute atomic E-state index is 12.0. The first kappa shape index (κ1) is 28.6. The number of nitro benzene ring substituents is 1. The quantitative estimate of drug-likeness (QED) is 0.204. The molecule has 10 nitrogen and oxygen atoms in total. The highest BCUT2D eigenvalue weighted by atomic mass is 16.6. The van der Waals surface area contributed by atoms with Gasteiger partial charge in [-0.1, -0.05) is 48.5 Å². The number of anilines is 1. The largest absolute Gasteiger partial charge is 0.497 e. The molecule has 5 rings (SSSR count). The van der Waals surface area contributed by atoms with Crippen molar-refractivity contribution in [2.24, 2.45) is 0 Å². The fraction of sp³-hybridized carbons (Fsp3) is 0.161. The van der Waals surface area contributed by atoms with Crippen molar-refractivity contribution in [3.8, 4) is 23.0 Å². The smallest absolute Gasteiger partial charge is 0.310 e. The molecule has 1 aliphatic heterocycles. The average molecular weight is 557 g/mol. The van der Waals surface area contributed by atoms with Gasteiger partial charge >= 0.3 is 5.69 Å². The zero-order valence-corrected chi connectivity index (χ0v) is 22.6. The van der Waals surface area contributed by atoms with Crippen molar-refractivity contribution in [2.45, 2.75) is 19.1 Å². The molecular weight excluding hydrogens is 528 g/mol. The van der Waals surface area contributed by atoms with E-state index in [4.69, 9.17) is 18.9 Å². The number of ketones is 1. The molecule has 4 aromatic carbocycles. The van der Waals surface area contributed by atoms with Crippen LogP contribution in [-0.4, -0.2) is 30.8 Å². The molecule has 0 aliphatic carbocycles. The lowest BCUT2D eigenvalue weighted by molar-refractivity contribution is -0.386. The van der Waals surface area contributed by atoms with Crippen LogP contribution >= 0.6 is 0 Å². The second kappa shape index (κ2) is 13.1. The third-order valence-electron chi connectivity index (χ3n) is 6.14. The molecular formula is C31H28N2O8. The Morgan fingerprint density at radius 3 is 2.07 bits per heavy atom. The Bertz CT molecular complexity index is 1520. The van der Waals surface area contributed by atoms with Crippen LogP contribution in [0.2, 0.25) is 0 Å². The minimum absolute atomic E-state index is 0.0588. The topological polar surface area (TPSA) is 126 Å². The normalized spacial score (nSPS) is 14.1. The zero-order valence-electron chi connectivity index (χ0n) is 22.6. The molecule has 210 valence electrons. The summed E-state index contributed by atoms with van der Waals surface area (Å²) in [5.41, 5.74) is 1.93. The van der Waals surface area contributed by atoms with Gasteiger partial charge in [0.25, 0.3) is 5.91 Å². The van der Waals surface area contributed by atoms with E-state index in [-0.39, 0.29) is 23.1 Å². The zero-order chi connectivity index (χ0) is 29.4. The number of benzene rings is 4. The van der Waals surface area contributed by atoms with Gasteiger partial charge in [0.2, 0.25) is 6.10 Å². The lowest BCUT2D eigenvalue weighted by Gasteiger charge is -2.26. The van der Waals surface area contributed by atoms with Crippen LogP contribution < -0.4 is 24.3 Å². The van der Waals surface area contributed by atoms with Crippen LogP contribution in [0.5, 0.6) is 23.0 Å². The summed E-state index contributed by atoms with van der Waals surface area (Å²) in [5, 5.41) is 13.9. The number of fused-ring (bicyclic) bond motifs is 1. The molecule has 2 atom stereocenters. The van der Waals surface area contributed by atoms with Crippen LogP contribution in [0.1, 0.15) is 30.3 Å². The maximum atomic E-state index is 12.0. The highest BCUT2D eigenvalue weighted by Crippen LogP contribution is 2.35. The highest BCUT2D eigenvalue weighted by molar-refractivity contribution is 5.98. The molecule has 1 N–H and O–H groups in total. The summed E-state index contributed by atoms with van der Waals surface area (Å²) in [7, 11) is 3.15. The highest BCUT2D eigenvalue weighted by Gasteiger charge is 2.29.